The highest BCUT2D eigenvalue weighted by Gasteiger charge is 2.11. The molecule has 1 aromatic rings. The Hall–Kier alpha value is -0.250. The molecular formula is C9H9IO. The Morgan fingerprint density at radius 2 is 2.27 bits per heavy atom. The van der Waals surface area contributed by atoms with Crippen molar-refractivity contribution < 1.29 is 4.74 Å². The zero-order valence-electron chi connectivity index (χ0n) is 6.14. The molecule has 0 aromatic heterocycles. The van der Waals surface area contributed by atoms with Crippen LogP contribution in [0.15, 0.2) is 18.2 Å². The van der Waals surface area contributed by atoms with Crippen LogP contribution in [0.25, 0.3) is 0 Å². The summed E-state index contributed by atoms with van der Waals surface area (Å²) in [6, 6.07) is 6.33. The van der Waals surface area contributed by atoms with E-state index in [4.69, 9.17) is 4.74 Å². The predicted octanol–water partition coefficient (Wildman–Crippen LogP) is 2.62. The maximum atomic E-state index is 5.55. The van der Waals surface area contributed by atoms with Crippen molar-refractivity contribution in [3.63, 3.8) is 0 Å². The van der Waals surface area contributed by atoms with E-state index in [0.717, 1.165) is 18.8 Å². The van der Waals surface area contributed by atoms with Gasteiger partial charge >= 0.3 is 0 Å². The highest BCUT2D eigenvalue weighted by atomic mass is 127. The fourth-order valence-electron chi connectivity index (χ4n) is 1.35. The topological polar surface area (TPSA) is 9.23 Å². The van der Waals surface area contributed by atoms with E-state index in [1.54, 1.807) is 0 Å². The molecule has 11 heavy (non-hydrogen) atoms. The second-order valence-corrected chi connectivity index (χ2v) is 3.84. The van der Waals surface area contributed by atoms with E-state index in [1.165, 1.54) is 15.6 Å². The molecule has 0 atom stereocenters. The van der Waals surface area contributed by atoms with Crippen molar-refractivity contribution in [1.82, 2.24) is 0 Å². The largest absolute Gasteiger partial charge is 0.492 e. The minimum Gasteiger partial charge on any atom is -0.492 e. The lowest BCUT2D eigenvalue weighted by Gasteiger charge is -2.17. The molecule has 0 saturated heterocycles. The molecule has 58 valence electrons. The van der Waals surface area contributed by atoms with Crippen molar-refractivity contribution in [2.45, 2.75) is 12.8 Å². The molecule has 0 saturated carbocycles. The van der Waals surface area contributed by atoms with Crippen LogP contribution in [0.3, 0.4) is 0 Å². The van der Waals surface area contributed by atoms with Crippen molar-refractivity contribution >= 4 is 22.6 Å². The van der Waals surface area contributed by atoms with Crippen LogP contribution in [-0.4, -0.2) is 6.61 Å². The van der Waals surface area contributed by atoms with Gasteiger partial charge in [-0.2, -0.15) is 0 Å². The molecule has 0 aliphatic carbocycles. The number of ether oxygens (including phenoxy) is 1. The minimum absolute atomic E-state index is 0.882. The van der Waals surface area contributed by atoms with Gasteiger partial charge in [-0.15, -0.1) is 0 Å². The number of halogens is 1. The third-order valence-electron chi connectivity index (χ3n) is 1.89. The summed E-state index contributed by atoms with van der Waals surface area (Å²) in [5, 5.41) is 0. The molecule has 0 unspecified atom stereocenters. The molecular weight excluding hydrogens is 251 g/mol. The quantitative estimate of drug-likeness (QED) is 0.651. The molecule has 0 amide bonds. The number of benzene rings is 1. The van der Waals surface area contributed by atoms with Gasteiger partial charge in [-0.25, -0.2) is 0 Å². The minimum atomic E-state index is 0.882. The van der Waals surface area contributed by atoms with E-state index in [-0.39, 0.29) is 0 Å². The molecule has 2 heteroatoms. The lowest BCUT2D eigenvalue weighted by atomic mass is 10.1. The van der Waals surface area contributed by atoms with Crippen LogP contribution in [0.1, 0.15) is 12.0 Å². The van der Waals surface area contributed by atoms with Crippen LogP contribution < -0.4 is 4.74 Å². The average molecular weight is 260 g/mol. The fourth-order valence-corrected chi connectivity index (χ4v) is 2.06. The van der Waals surface area contributed by atoms with E-state index in [0.29, 0.717) is 0 Å². The number of hydrogen-bond acceptors (Lipinski definition) is 1. The maximum absolute atomic E-state index is 5.55. The van der Waals surface area contributed by atoms with Crippen molar-refractivity contribution in [2.75, 3.05) is 6.61 Å². The number of rotatable bonds is 0. The monoisotopic (exact) mass is 260 g/mol. The first-order chi connectivity index (χ1) is 5.38. The van der Waals surface area contributed by atoms with Gasteiger partial charge in [0.25, 0.3) is 0 Å². The highest BCUT2D eigenvalue weighted by molar-refractivity contribution is 14.1. The van der Waals surface area contributed by atoms with Gasteiger partial charge in [0, 0.05) is 0 Å². The van der Waals surface area contributed by atoms with Gasteiger partial charge in [0.1, 0.15) is 5.75 Å². The van der Waals surface area contributed by atoms with E-state index >= 15 is 0 Å². The Morgan fingerprint density at radius 3 is 3.09 bits per heavy atom. The first-order valence-corrected chi connectivity index (χ1v) is 4.86. The molecule has 0 fully saturated rings. The second-order valence-electron chi connectivity index (χ2n) is 2.68. The molecule has 0 bridgehead atoms. The van der Waals surface area contributed by atoms with Gasteiger partial charge in [-0.1, -0.05) is 12.1 Å². The molecule has 1 heterocycles. The highest BCUT2D eigenvalue weighted by Crippen LogP contribution is 2.29. The third-order valence-corrected chi connectivity index (χ3v) is 2.73. The van der Waals surface area contributed by atoms with Gasteiger partial charge in [-0.05, 0) is 47.1 Å². The summed E-state index contributed by atoms with van der Waals surface area (Å²) in [6.45, 7) is 0.882. The average Bonchev–Trinajstić information content (AvgIpc) is 2.06. The standard InChI is InChI=1S/C9H9IO/c10-8-5-1-3-7-4-2-6-11-9(7)8/h1,3,5H,2,4,6H2. The summed E-state index contributed by atoms with van der Waals surface area (Å²) in [5.74, 6) is 1.11. The van der Waals surface area contributed by atoms with Crippen LogP contribution in [0.5, 0.6) is 5.75 Å². The van der Waals surface area contributed by atoms with Gasteiger partial charge < -0.3 is 4.74 Å². The van der Waals surface area contributed by atoms with Crippen molar-refractivity contribution in [2.24, 2.45) is 0 Å². The lowest BCUT2D eigenvalue weighted by Crippen LogP contribution is -2.09. The number of fused-ring (bicyclic) bond motifs is 1. The first-order valence-electron chi connectivity index (χ1n) is 3.78. The molecule has 1 aromatic carbocycles. The SMILES string of the molecule is Ic1cccc2c1OCCC2. The van der Waals surface area contributed by atoms with Crippen molar-refractivity contribution in [1.29, 1.82) is 0 Å². The van der Waals surface area contributed by atoms with Gasteiger partial charge in [0.15, 0.2) is 0 Å². The molecule has 2 rings (SSSR count). The fraction of sp³-hybridized carbons (Fsp3) is 0.333. The van der Waals surface area contributed by atoms with Gasteiger partial charge in [-0.3, -0.25) is 0 Å². The van der Waals surface area contributed by atoms with E-state index in [9.17, 15) is 0 Å². The summed E-state index contributed by atoms with van der Waals surface area (Å²) in [4.78, 5) is 0. The third kappa shape index (κ3) is 1.36. The second kappa shape index (κ2) is 3.01. The van der Waals surface area contributed by atoms with Crippen LogP contribution in [-0.2, 0) is 6.42 Å². The summed E-state index contributed by atoms with van der Waals surface area (Å²) >= 11 is 2.32. The Bertz CT molecular complexity index is 270. The summed E-state index contributed by atoms with van der Waals surface area (Å²) in [5.41, 5.74) is 1.36. The molecule has 0 N–H and O–H groups in total. The molecule has 1 aliphatic rings. The number of aryl methyl sites for hydroxylation is 1. The number of hydrogen-bond donors (Lipinski definition) is 0. The van der Waals surface area contributed by atoms with E-state index < -0.39 is 0 Å². The molecule has 1 nitrogen and oxygen atoms in total. The van der Waals surface area contributed by atoms with E-state index in [2.05, 4.69) is 40.8 Å². The normalized spacial score (nSPS) is 15.4. The first kappa shape index (κ1) is 7.40. The van der Waals surface area contributed by atoms with E-state index in [1.807, 2.05) is 0 Å². The van der Waals surface area contributed by atoms with Gasteiger partial charge in [0.2, 0.25) is 0 Å². The lowest BCUT2D eigenvalue weighted by molar-refractivity contribution is 0.286. The summed E-state index contributed by atoms with van der Waals surface area (Å²) in [6.07, 6.45) is 2.33. The Labute approximate surface area is 79.9 Å². The van der Waals surface area contributed by atoms with Crippen LogP contribution in [0.2, 0.25) is 0 Å². The smallest absolute Gasteiger partial charge is 0.135 e. The number of para-hydroxylation sites is 1. The zero-order chi connectivity index (χ0) is 7.68. The Kier molecular flexibility index (Phi) is 2.02. The zero-order valence-corrected chi connectivity index (χ0v) is 8.30. The Balaban J connectivity index is 2.49. The summed E-state index contributed by atoms with van der Waals surface area (Å²) < 4.78 is 6.78. The van der Waals surface area contributed by atoms with Crippen LogP contribution >= 0.6 is 22.6 Å². The molecule has 0 radical (unpaired) electrons. The maximum Gasteiger partial charge on any atom is 0.135 e. The van der Waals surface area contributed by atoms with Crippen molar-refractivity contribution in [3.05, 3.63) is 27.3 Å². The predicted molar refractivity (Wildman–Crippen MR) is 53.0 cm³/mol. The molecule has 1 aliphatic heterocycles. The van der Waals surface area contributed by atoms with Crippen molar-refractivity contribution in [3.8, 4) is 5.75 Å². The van der Waals surface area contributed by atoms with Crippen LogP contribution in [0.4, 0.5) is 0 Å². The summed E-state index contributed by atoms with van der Waals surface area (Å²) in [7, 11) is 0. The van der Waals surface area contributed by atoms with Gasteiger partial charge in [0.05, 0.1) is 10.2 Å². The van der Waals surface area contributed by atoms with Crippen LogP contribution in [0, 0.1) is 3.57 Å². The Morgan fingerprint density at radius 1 is 1.36 bits per heavy atom. The molecule has 0 spiro atoms.